The molecular weight excluding hydrogens is 352 g/mol. The lowest BCUT2D eigenvalue weighted by Crippen LogP contribution is -2.14. The van der Waals surface area contributed by atoms with Gasteiger partial charge in [-0.25, -0.2) is 19.2 Å². The summed E-state index contributed by atoms with van der Waals surface area (Å²) in [4.78, 5) is 18.0. The van der Waals surface area contributed by atoms with Crippen molar-refractivity contribution < 1.29 is 18.8 Å². The summed E-state index contributed by atoms with van der Waals surface area (Å²) in [6.07, 6.45) is 3.18. The predicted molar refractivity (Wildman–Crippen MR) is 91.5 cm³/mol. The van der Waals surface area contributed by atoms with Gasteiger partial charge in [-0.2, -0.15) is 0 Å². The van der Waals surface area contributed by atoms with Crippen molar-refractivity contribution in [2.24, 2.45) is 0 Å². The van der Waals surface area contributed by atoms with Crippen LogP contribution in [0.1, 0.15) is 17.0 Å². The fraction of sp³-hybridized carbons (Fsp3) is 0.0588. The number of benzene rings is 2. The first-order valence-electron chi connectivity index (χ1n) is 7.10. The number of fused-ring (bicyclic) bond motifs is 1. The number of hydrogen-bond donors (Lipinski definition) is 3. The second kappa shape index (κ2) is 7.87. The molecule has 3 aromatic rings. The van der Waals surface area contributed by atoms with Crippen LogP contribution in [0.15, 0.2) is 42.5 Å². The van der Waals surface area contributed by atoms with E-state index in [0.29, 0.717) is 17.8 Å². The lowest BCUT2D eigenvalue weighted by atomic mass is 10.1. The molecule has 1 amide bonds. The van der Waals surface area contributed by atoms with Crippen molar-refractivity contribution in [2.45, 2.75) is 6.42 Å². The van der Waals surface area contributed by atoms with Crippen LogP contribution in [-0.2, 0) is 11.2 Å². The summed E-state index contributed by atoms with van der Waals surface area (Å²) in [5.74, 6) is -1.98. The molecule has 0 radical (unpaired) electrons. The molecule has 25 heavy (non-hydrogen) atoms. The van der Waals surface area contributed by atoms with E-state index in [9.17, 15) is 13.6 Å². The van der Waals surface area contributed by atoms with E-state index in [2.05, 4.69) is 9.97 Å². The van der Waals surface area contributed by atoms with E-state index in [1.807, 2.05) is 12.1 Å². The van der Waals surface area contributed by atoms with Crippen LogP contribution >= 0.6 is 12.4 Å². The Hall–Kier alpha value is -2.77. The largest absolute Gasteiger partial charge is 0.342 e. The highest BCUT2D eigenvalue weighted by Crippen LogP contribution is 2.19. The van der Waals surface area contributed by atoms with Gasteiger partial charge in [0, 0.05) is 12.5 Å². The average Bonchev–Trinajstić information content (AvgIpc) is 3.00. The molecule has 0 aliphatic carbocycles. The van der Waals surface area contributed by atoms with E-state index in [0.717, 1.165) is 17.2 Å². The summed E-state index contributed by atoms with van der Waals surface area (Å²) >= 11 is 0. The van der Waals surface area contributed by atoms with Crippen molar-refractivity contribution in [1.82, 2.24) is 15.4 Å². The highest BCUT2D eigenvalue weighted by Gasteiger charge is 2.12. The van der Waals surface area contributed by atoms with E-state index >= 15 is 0 Å². The summed E-state index contributed by atoms with van der Waals surface area (Å²) < 4.78 is 26.9. The zero-order valence-corrected chi connectivity index (χ0v) is 13.6. The lowest BCUT2D eigenvalue weighted by molar-refractivity contribution is -0.124. The van der Waals surface area contributed by atoms with Gasteiger partial charge in [-0.3, -0.25) is 10.0 Å². The van der Waals surface area contributed by atoms with Crippen LogP contribution in [0.3, 0.4) is 0 Å². The molecule has 130 valence electrons. The Morgan fingerprint density at radius 2 is 1.92 bits per heavy atom. The van der Waals surface area contributed by atoms with E-state index < -0.39 is 17.5 Å². The fourth-order valence-corrected chi connectivity index (χ4v) is 2.30. The fourth-order valence-electron chi connectivity index (χ4n) is 2.30. The van der Waals surface area contributed by atoms with E-state index in [4.69, 9.17) is 5.21 Å². The number of halogens is 3. The summed E-state index contributed by atoms with van der Waals surface area (Å²) in [6.45, 7) is 0. The van der Waals surface area contributed by atoms with E-state index in [1.54, 1.807) is 18.2 Å². The van der Waals surface area contributed by atoms with Crippen LogP contribution < -0.4 is 5.48 Å². The van der Waals surface area contributed by atoms with E-state index in [1.165, 1.54) is 17.6 Å². The normalized spacial score (nSPS) is 10.8. The maximum atomic E-state index is 13.7. The molecule has 1 heterocycles. The molecule has 3 N–H and O–H groups in total. The summed E-state index contributed by atoms with van der Waals surface area (Å²) in [6, 6.07) is 9.76. The van der Waals surface area contributed by atoms with Crippen LogP contribution in [0.25, 0.3) is 17.1 Å². The lowest BCUT2D eigenvalue weighted by Gasteiger charge is -1.99. The van der Waals surface area contributed by atoms with Crippen molar-refractivity contribution in [3.8, 4) is 0 Å². The standard InChI is InChI=1S/C17H13F2N3O2.ClH/c18-12-6-7-13-17(16(12)19)21-14(20-13)9-11-3-1-10(2-4-11)5-8-15(23)22-24;/h1-8,24H,9H2,(H,20,21)(H,22,23);1H/b8-5+;. The minimum absolute atomic E-state index is 0. The highest BCUT2D eigenvalue weighted by molar-refractivity contribution is 5.90. The van der Waals surface area contributed by atoms with Crippen molar-refractivity contribution >= 4 is 35.4 Å². The van der Waals surface area contributed by atoms with Crippen molar-refractivity contribution in [2.75, 3.05) is 0 Å². The molecule has 0 aliphatic rings. The Morgan fingerprint density at radius 1 is 1.20 bits per heavy atom. The average molecular weight is 366 g/mol. The number of H-pyrrole nitrogens is 1. The zero-order chi connectivity index (χ0) is 17.1. The number of nitrogens with zero attached hydrogens (tertiary/aromatic N) is 1. The van der Waals surface area contributed by atoms with Crippen LogP contribution in [0.4, 0.5) is 8.78 Å². The smallest absolute Gasteiger partial charge is 0.267 e. The summed E-state index contributed by atoms with van der Waals surface area (Å²) in [5.41, 5.74) is 3.63. The Labute approximate surface area is 147 Å². The topological polar surface area (TPSA) is 78.0 Å². The Balaban J connectivity index is 0.00000225. The molecule has 0 spiro atoms. The summed E-state index contributed by atoms with van der Waals surface area (Å²) in [7, 11) is 0. The van der Waals surface area contributed by atoms with Crippen LogP contribution in [-0.4, -0.2) is 21.1 Å². The van der Waals surface area contributed by atoms with Gasteiger partial charge in [0.15, 0.2) is 11.6 Å². The second-order valence-corrected chi connectivity index (χ2v) is 5.17. The molecule has 0 saturated carbocycles. The Bertz CT molecular complexity index is 924. The van der Waals surface area contributed by atoms with Crippen LogP contribution in [0.5, 0.6) is 0 Å². The van der Waals surface area contributed by atoms with Gasteiger partial charge in [-0.1, -0.05) is 24.3 Å². The molecule has 5 nitrogen and oxygen atoms in total. The van der Waals surface area contributed by atoms with E-state index in [-0.39, 0.29) is 17.9 Å². The SMILES string of the molecule is Cl.O=C(/C=C/c1ccc(Cc2nc3c(F)c(F)ccc3[nH]2)cc1)NO. The molecule has 0 bridgehead atoms. The Morgan fingerprint density at radius 3 is 2.60 bits per heavy atom. The Kier molecular flexibility index (Phi) is 5.84. The third-order valence-corrected chi connectivity index (χ3v) is 3.48. The minimum Gasteiger partial charge on any atom is -0.342 e. The van der Waals surface area contributed by atoms with Crippen LogP contribution in [0.2, 0.25) is 0 Å². The second-order valence-electron chi connectivity index (χ2n) is 5.17. The molecule has 0 saturated heterocycles. The van der Waals surface area contributed by atoms with Gasteiger partial charge in [-0.05, 0) is 29.3 Å². The molecule has 0 atom stereocenters. The number of hydrogen-bond acceptors (Lipinski definition) is 3. The minimum atomic E-state index is -0.961. The van der Waals surface area contributed by atoms with Crippen molar-refractivity contribution in [3.05, 3.63) is 71.1 Å². The van der Waals surface area contributed by atoms with Crippen molar-refractivity contribution in [1.29, 1.82) is 0 Å². The highest BCUT2D eigenvalue weighted by atomic mass is 35.5. The number of carbonyl (C=O) groups excluding carboxylic acids is 1. The predicted octanol–water partition coefficient (Wildman–Crippen LogP) is 3.37. The first-order chi connectivity index (χ1) is 11.6. The number of hydroxylamine groups is 1. The first kappa shape index (κ1) is 18.6. The number of nitrogens with one attached hydrogen (secondary N) is 2. The molecule has 3 rings (SSSR count). The van der Waals surface area contributed by atoms with Gasteiger partial charge in [0.2, 0.25) is 0 Å². The van der Waals surface area contributed by atoms with Gasteiger partial charge in [0.1, 0.15) is 11.3 Å². The van der Waals surface area contributed by atoms with Gasteiger partial charge in [0.25, 0.3) is 5.91 Å². The number of aromatic amines is 1. The van der Waals surface area contributed by atoms with Gasteiger partial charge in [0.05, 0.1) is 5.52 Å². The molecule has 0 unspecified atom stereocenters. The van der Waals surface area contributed by atoms with Crippen molar-refractivity contribution in [3.63, 3.8) is 0 Å². The maximum absolute atomic E-state index is 13.7. The molecule has 8 heteroatoms. The number of imidazole rings is 1. The summed E-state index contributed by atoms with van der Waals surface area (Å²) in [5, 5.41) is 8.41. The number of carbonyl (C=O) groups is 1. The maximum Gasteiger partial charge on any atom is 0.267 e. The monoisotopic (exact) mass is 365 g/mol. The third kappa shape index (κ3) is 4.20. The number of rotatable bonds is 4. The molecule has 1 aromatic heterocycles. The molecular formula is C17H14ClF2N3O2. The molecule has 2 aromatic carbocycles. The molecule has 0 fully saturated rings. The zero-order valence-electron chi connectivity index (χ0n) is 12.8. The third-order valence-electron chi connectivity index (χ3n) is 3.48. The first-order valence-corrected chi connectivity index (χ1v) is 7.10. The van der Waals surface area contributed by atoms with Gasteiger partial charge >= 0.3 is 0 Å². The molecule has 0 aliphatic heterocycles. The quantitative estimate of drug-likeness (QED) is 0.377. The number of aromatic nitrogens is 2. The van der Waals surface area contributed by atoms with Gasteiger partial charge in [-0.15, -0.1) is 12.4 Å². The number of amides is 1. The van der Waals surface area contributed by atoms with Gasteiger partial charge < -0.3 is 4.98 Å². The van der Waals surface area contributed by atoms with Crippen LogP contribution in [0, 0.1) is 11.6 Å².